The predicted molar refractivity (Wildman–Crippen MR) is 232 cm³/mol. The largest absolute Gasteiger partial charge is 0.437 e. The molecule has 11 aromatic rings. The Balaban J connectivity index is 1.11. The van der Waals surface area contributed by atoms with Crippen LogP contribution in [0.4, 0.5) is 0 Å². The summed E-state index contributed by atoms with van der Waals surface area (Å²) in [6.45, 7) is 4.96. The second-order valence-corrected chi connectivity index (χ2v) is 19.7. The number of rotatable bonds is 3. The first-order chi connectivity index (χ1) is 27.0. The third-order valence-electron chi connectivity index (χ3n) is 12.0. The summed E-state index contributed by atoms with van der Waals surface area (Å²) in [5.74, 6) is 0.588. The van der Waals surface area contributed by atoms with Crippen molar-refractivity contribution in [3.63, 3.8) is 0 Å². The number of benzene rings is 8. The molecule has 0 bridgehead atoms. The number of para-hydroxylation sites is 2. The second kappa shape index (κ2) is 11.1. The molecule has 0 spiro atoms. The summed E-state index contributed by atoms with van der Waals surface area (Å²) >= 11 is 0. The molecule has 0 fully saturated rings. The lowest BCUT2D eigenvalue weighted by Gasteiger charge is -2.18. The van der Waals surface area contributed by atoms with Crippen LogP contribution in [0.5, 0.6) is 0 Å². The Kier molecular flexibility index (Phi) is 6.18. The minimum Gasteiger partial charge on any atom is -0.437 e. The Labute approximate surface area is 318 Å². The molecule has 0 saturated carbocycles. The normalized spacial score (nSPS) is 13.4. The summed E-state index contributed by atoms with van der Waals surface area (Å²) < 4.78 is 8.76. The van der Waals surface area contributed by atoms with Crippen LogP contribution in [0, 0.1) is 0 Å². The first kappa shape index (κ1) is 30.6. The average Bonchev–Trinajstić information content (AvgIpc) is 3.84. The van der Waals surface area contributed by atoms with Gasteiger partial charge < -0.3 is 4.42 Å². The molecular weight excluding hydrogens is 687 g/mol. The van der Waals surface area contributed by atoms with E-state index in [4.69, 9.17) is 14.4 Å². The molecule has 0 unspecified atom stereocenters. The van der Waals surface area contributed by atoms with Crippen LogP contribution in [-0.4, -0.2) is 22.6 Å². The molecule has 8 aromatic carbocycles. The van der Waals surface area contributed by atoms with E-state index in [1.165, 1.54) is 59.4 Å². The number of furan rings is 1. The fourth-order valence-corrected chi connectivity index (χ4v) is 12.5. The molecule has 4 heterocycles. The summed E-state index contributed by atoms with van der Waals surface area (Å²) in [4.78, 5) is 10.7. The van der Waals surface area contributed by atoms with Crippen molar-refractivity contribution >= 4 is 83.9 Å². The molecule has 0 amide bonds. The molecule has 0 N–H and O–H groups in total. The van der Waals surface area contributed by atoms with Crippen LogP contribution in [0.3, 0.4) is 0 Å². The summed E-state index contributed by atoms with van der Waals surface area (Å²) in [5.41, 5.74) is 10.5. The third kappa shape index (κ3) is 4.27. The summed E-state index contributed by atoms with van der Waals surface area (Å²) in [6.07, 6.45) is 0. The fraction of sp³-hybridized carbons (Fsp3) is 0.0400. The third-order valence-corrected chi connectivity index (χ3v) is 15.6. The van der Waals surface area contributed by atoms with E-state index in [0.717, 1.165) is 44.2 Å². The topological polar surface area (TPSA) is 43.9 Å². The zero-order chi connectivity index (χ0) is 36.4. The maximum atomic E-state index is 6.53. The van der Waals surface area contributed by atoms with Crippen molar-refractivity contribution < 1.29 is 4.42 Å². The summed E-state index contributed by atoms with van der Waals surface area (Å²) in [5, 5.41) is 12.3. The van der Waals surface area contributed by atoms with E-state index in [0.29, 0.717) is 11.7 Å². The molecule has 5 heteroatoms. The number of fused-ring (bicyclic) bond motifs is 12. The van der Waals surface area contributed by atoms with E-state index < -0.39 is 8.07 Å². The lowest BCUT2D eigenvalue weighted by molar-refractivity contribution is 0.651. The van der Waals surface area contributed by atoms with Crippen LogP contribution in [-0.2, 0) is 0 Å². The molecule has 258 valence electrons. The summed E-state index contributed by atoms with van der Waals surface area (Å²) in [6, 6.07) is 59.2. The molecule has 0 radical (unpaired) electrons. The number of hydrogen-bond donors (Lipinski definition) is 0. The molecule has 55 heavy (non-hydrogen) atoms. The van der Waals surface area contributed by atoms with Gasteiger partial charge in [-0.3, -0.25) is 4.57 Å². The van der Waals surface area contributed by atoms with Gasteiger partial charge in [-0.2, -0.15) is 4.98 Å². The lowest BCUT2D eigenvalue weighted by atomic mass is 9.96. The molecule has 4 nitrogen and oxygen atoms in total. The maximum absolute atomic E-state index is 6.53. The Morgan fingerprint density at radius 2 is 1.20 bits per heavy atom. The Morgan fingerprint density at radius 1 is 0.491 bits per heavy atom. The zero-order valence-electron chi connectivity index (χ0n) is 30.3. The molecule has 1 aliphatic heterocycles. The van der Waals surface area contributed by atoms with Crippen LogP contribution in [0.1, 0.15) is 0 Å². The van der Waals surface area contributed by atoms with Gasteiger partial charge in [0.15, 0.2) is 0 Å². The first-order valence-corrected chi connectivity index (χ1v) is 21.9. The van der Waals surface area contributed by atoms with Crippen LogP contribution in [0.25, 0.3) is 105 Å². The molecule has 0 saturated heterocycles. The Morgan fingerprint density at radius 3 is 2.09 bits per heavy atom. The molecule has 1 aliphatic rings. The van der Waals surface area contributed by atoms with Crippen molar-refractivity contribution in [3.8, 4) is 39.5 Å². The molecular formula is C50H33N3OSi. The first-order valence-electron chi connectivity index (χ1n) is 18.9. The van der Waals surface area contributed by atoms with Crippen molar-refractivity contribution in [1.29, 1.82) is 0 Å². The maximum Gasteiger partial charge on any atom is 0.238 e. The van der Waals surface area contributed by atoms with E-state index in [1.54, 1.807) is 0 Å². The molecule has 12 rings (SSSR count). The van der Waals surface area contributed by atoms with Crippen LogP contribution in [0.2, 0.25) is 13.1 Å². The van der Waals surface area contributed by atoms with Gasteiger partial charge >= 0.3 is 0 Å². The highest BCUT2D eigenvalue weighted by molar-refractivity contribution is 7.04. The zero-order valence-corrected chi connectivity index (χ0v) is 31.3. The quantitative estimate of drug-likeness (QED) is 0.171. The van der Waals surface area contributed by atoms with Gasteiger partial charge in [0.2, 0.25) is 11.7 Å². The Bertz CT molecular complexity index is 3400. The van der Waals surface area contributed by atoms with E-state index in [1.807, 2.05) is 12.1 Å². The number of hydrogen-bond acceptors (Lipinski definition) is 3. The lowest BCUT2D eigenvalue weighted by Crippen LogP contribution is -2.49. The van der Waals surface area contributed by atoms with E-state index >= 15 is 0 Å². The van der Waals surface area contributed by atoms with Gasteiger partial charge in [0.1, 0.15) is 13.7 Å². The molecule has 0 aliphatic carbocycles. The standard InChI is InChI=1S/C50H33N3OSi/c1-55(2)44-21-10-7-17-38(44)46-39-29-40-36-15-5-8-19-41(36)53(42(40)28-33(39)26-27-45(46)55)50-51-48(47-37-16-6-9-20-43(37)54-49(47)52-50)32-24-22-31(23-25-32)35-18-11-13-30-12-3-4-14-34(30)35/h3-29H,1-2H3. The highest BCUT2D eigenvalue weighted by Gasteiger charge is 2.38. The van der Waals surface area contributed by atoms with Gasteiger partial charge in [0, 0.05) is 21.7 Å². The van der Waals surface area contributed by atoms with Crippen molar-refractivity contribution in [3.05, 3.63) is 164 Å². The van der Waals surface area contributed by atoms with Crippen molar-refractivity contribution in [2.45, 2.75) is 13.1 Å². The van der Waals surface area contributed by atoms with Gasteiger partial charge in [-0.15, -0.1) is 0 Å². The van der Waals surface area contributed by atoms with Gasteiger partial charge in [-0.05, 0) is 78.4 Å². The highest BCUT2D eigenvalue weighted by Crippen LogP contribution is 2.41. The number of nitrogens with zero attached hydrogens (tertiary/aromatic N) is 3. The van der Waals surface area contributed by atoms with E-state index in [2.05, 4.69) is 169 Å². The van der Waals surface area contributed by atoms with Crippen molar-refractivity contribution in [2.75, 3.05) is 0 Å². The second-order valence-electron chi connectivity index (χ2n) is 15.4. The fourth-order valence-electron chi connectivity index (χ4n) is 9.41. The smallest absolute Gasteiger partial charge is 0.238 e. The Hall–Kier alpha value is -6.82. The minimum absolute atomic E-state index is 0.577. The SMILES string of the molecule is C[Si]1(C)c2ccccc2-c2c1ccc1cc3c(cc21)c1ccccc1n3-c1nc(-c2ccc(-c3cccc4ccccc34)cc2)c2c(n1)oc1ccccc12. The van der Waals surface area contributed by atoms with Crippen LogP contribution < -0.4 is 10.4 Å². The van der Waals surface area contributed by atoms with Gasteiger partial charge in [0.05, 0.1) is 22.1 Å². The van der Waals surface area contributed by atoms with Gasteiger partial charge in [-0.1, -0.05) is 153 Å². The monoisotopic (exact) mass is 719 g/mol. The molecule has 0 atom stereocenters. The van der Waals surface area contributed by atoms with E-state index in [-0.39, 0.29) is 0 Å². The van der Waals surface area contributed by atoms with E-state index in [9.17, 15) is 0 Å². The van der Waals surface area contributed by atoms with Gasteiger partial charge in [0.25, 0.3) is 0 Å². The van der Waals surface area contributed by atoms with Crippen molar-refractivity contribution in [1.82, 2.24) is 14.5 Å². The van der Waals surface area contributed by atoms with Gasteiger partial charge in [-0.25, -0.2) is 4.98 Å². The highest BCUT2D eigenvalue weighted by atomic mass is 28.3. The van der Waals surface area contributed by atoms with Crippen LogP contribution in [0.15, 0.2) is 168 Å². The minimum atomic E-state index is -1.82. The predicted octanol–water partition coefficient (Wildman–Crippen LogP) is 11.9. The van der Waals surface area contributed by atoms with Crippen LogP contribution >= 0.6 is 0 Å². The molecule has 3 aromatic heterocycles. The average molecular weight is 720 g/mol. The number of aromatic nitrogens is 3. The summed E-state index contributed by atoms with van der Waals surface area (Å²) in [7, 11) is -1.82. The van der Waals surface area contributed by atoms with Crippen molar-refractivity contribution in [2.24, 2.45) is 0 Å².